The number of fused-ring (bicyclic) bond motifs is 3. The number of amides is 2. The van der Waals surface area contributed by atoms with E-state index in [1.807, 2.05) is 45.0 Å². The maximum atomic E-state index is 12.5. The maximum Gasteiger partial charge on any atom is 0.324 e. The van der Waals surface area contributed by atoms with Crippen LogP contribution in [0.25, 0.3) is 26.4 Å². The van der Waals surface area contributed by atoms with Gasteiger partial charge in [0.05, 0.1) is 15.9 Å². The summed E-state index contributed by atoms with van der Waals surface area (Å²) in [6, 6.07) is 15.9. The zero-order valence-corrected chi connectivity index (χ0v) is 26.9. The van der Waals surface area contributed by atoms with Crippen LogP contribution in [0.5, 0.6) is 0 Å². The minimum absolute atomic E-state index is 0. The second-order valence-corrected chi connectivity index (χ2v) is 13.1. The fraction of sp³-hybridized carbons (Fsp3) is 0.406. The molecule has 2 aromatic carbocycles. The Hall–Kier alpha value is -3.44. The number of carbonyl (C=O) groups is 1. The molecule has 43 heavy (non-hydrogen) atoms. The van der Waals surface area contributed by atoms with Crippen molar-refractivity contribution < 1.29 is 9.32 Å². The Balaban J connectivity index is 0.00000368. The van der Waals surface area contributed by atoms with Gasteiger partial charge in [-0.15, -0.1) is 12.4 Å². The van der Waals surface area contributed by atoms with Crippen LogP contribution in [0.3, 0.4) is 0 Å². The van der Waals surface area contributed by atoms with E-state index in [1.54, 1.807) is 17.4 Å². The Labute approximate surface area is 262 Å². The molecule has 0 saturated carbocycles. The number of hydrogen-bond donors (Lipinski definition) is 2. The van der Waals surface area contributed by atoms with Gasteiger partial charge in [-0.2, -0.15) is 0 Å². The van der Waals surface area contributed by atoms with E-state index < -0.39 is 0 Å². The van der Waals surface area contributed by atoms with Crippen molar-refractivity contribution in [1.82, 2.24) is 24.3 Å². The van der Waals surface area contributed by atoms with E-state index in [1.165, 1.54) is 48.4 Å². The summed E-state index contributed by atoms with van der Waals surface area (Å²) in [5.41, 5.74) is 4.99. The van der Waals surface area contributed by atoms with Crippen LogP contribution in [0.4, 0.5) is 16.3 Å². The third-order valence-corrected chi connectivity index (χ3v) is 8.97. The molecule has 5 aromatic rings. The number of benzene rings is 2. The van der Waals surface area contributed by atoms with E-state index in [2.05, 4.69) is 61.3 Å². The number of aryl methyl sites for hydroxylation is 1. The number of hydrogen-bond acceptors (Lipinski definition) is 7. The van der Waals surface area contributed by atoms with Gasteiger partial charge >= 0.3 is 6.03 Å². The topological polar surface area (TPSA) is 90.9 Å². The zero-order chi connectivity index (χ0) is 29.3. The summed E-state index contributed by atoms with van der Waals surface area (Å²) in [5, 5.41) is 9.52. The largest absolute Gasteiger partial charge is 0.359 e. The lowest BCUT2D eigenvalue weighted by molar-refractivity contribution is 0.136. The van der Waals surface area contributed by atoms with Gasteiger partial charge in [-0.1, -0.05) is 62.4 Å². The van der Waals surface area contributed by atoms with Crippen LogP contribution < -0.4 is 10.6 Å². The molecule has 0 atom stereocenters. The number of halogens is 1. The highest BCUT2D eigenvalue weighted by Gasteiger charge is 2.20. The molecule has 228 valence electrons. The minimum Gasteiger partial charge on any atom is -0.359 e. The number of urea groups is 1. The van der Waals surface area contributed by atoms with Crippen LogP contribution in [0.2, 0.25) is 0 Å². The average Bonchev–Trinajstić information content (AvgIpc) is 3.69. The standard InChI is InChI=1S/C32H39N7O2S.ClH/c1-5-37-15-17-38(18-16-37)14-6-7-22-8-13-27-26(19-22)39-21-25(34-31(39)42-27)23-9-11-24(12-10-23)33-30(40)35-29-20-28(41-36-29)32(2,3)4;/h8-13,19-21H,5-7,14-18H2,1-4H3,(H2,33,35,36,40);1H. The van der Waals surface area contributed by atoms with Gasteiger partial charge in [-0.3, -0.25) is 9.72 Å². The molecular formula is C32H40ClN7O2S. The van der Waals surface area contributed by atoms with Crippen molar-refractivity contribution in [2.24, 2.45) is 0 Å². The lowest BCUT2D eigenvalue weighted by Gasteiger charge is -2.34. The van der Waals surface area contributed by atoms with Crippen LogP contribution in [-0.2, 0) is 11.8 Å². The summed E-state index contributed by atoms with van der Waals surface area (Å²) in [4.78, 5) is 23.5. The molecule has 9 nitrogen and oxygen atoms in total. The van der Waals surface area contributed by atoms with Gasteiger partial charge in [0, 0.05) is 55.1 Å². The van der Waals surface area contributed by atoms with Crippen LogP contribution in [-0.4, -0.2) is 69.6 Å². The molecule has 6 rings (SSSR count). The predicted molar refractivity (Wildman–Crippen MR) is 178 cm³/mol. The molecule has 4 heterocycles. The monoisotopic (exact) mass is 621 g/mol. The van der Waals surface area contributed by atoms with Crippen molar-refractivity contribution in [1.29, 1.82) is 0 Å². The molecule has 0 aliphatic carbocycles. The van der Waals surface area contributed by atoms with E-state index in [0.29, 0.717) is 17.3 Å². The van der Waals surface area contributed by atoms with Crippen molar-refractivity contribution in [3.63, 3.8) is 0 Å². The van der Waals surface area contributed by atoms with Gasteiger partial charge in [-0.25, -0.2) is 9.78 Å². The van der Waals surface area contributed by atoms with E-state index in [-0.39, 0.29) is 23.9 Å². The lowest BCUT2D eigenvalue weighted by Crippen LogP contribution is -2.46. The molecule has 1 aliphatic rings. The second-order valence-electron chi connectivity index (χ2n) is 12.0. The summed E-state index contributed by atoms with van der Waals surface area (Å²) in [7, 11) is 0. The summed E-state index contributed by atoms with van der Waals surface area (Å²) in [6.07, 6.45) is 4.37. The number of rotatable bonds is 8. The van der Waals surface area contributed by atoms with Crippen LogP contribution in [0, 0.1) is 0 Å². The zero-order valence-electron chi connectivity index (χ0n) is 25.2. The highest BCUT2D eigenvalue weighted by atomic mass is 35.5. The first-order valence-electron chi connectivity index (χ1n) is 14.8. The molecule has 1 saturated heterocycles. The van der Waals surface area contributed by atoms with Crippen molar-refractivity contribution in [2.45, 2.75) is 46.0 Å². The maximum absolute atomic E-state index is 12.5. The van der Waals surface area contributed by atoms with E-state index >= 15 is 0 Å². The molecule has 0 radical (unpaired) electrons. The molecule has 1 aliphatic heterocycles. The van der Waals surface area contributed by atoms with Crippen LogP contribution >= 0.6 is 23.7 Å². The van der Waals surface area contributed by atoms with Gasteiger partial charge in [0.25, 0.3) is 0 Å². The van der Waals surface area contributed by atoms with Gasteiger partial charge in [-0.05, 0) is 55.8 Å². The van der Waals surface area contributed by atoms with Crippen molar-refractivity contribution in [2.75, 3.05) is 49.9 Å². The number of aromatic nitrogens is 3. The van der Waals surface area contributed by atoms with Crippen molar-refractivity contribution in [3.05, 3.63) is 66.1 Å². The summed E-state index contributed by atoms with van der Waals surface area (Å²) in [6.45, 7) is 15.4. The summed E-state index contributed by atoms with van der Waals surface area (Å²) in [5.74, 6) is 1.09. The van der Waals surface area contributed by atoms with Crippen LogP contribution in [0.1, 0.15) is 45.4 Å². The van der Waals surface area contributed by atoms with Crippen molar-refractivity contribution in [3.8, 4) is 11.3 Å². The second kappa shape index (κ2) is 13.1. The number of piperazine rings is 1. The number of thiazole rings is 1. The highest BCUT2D eigenvalue weighted by molar-refractivity contribution is 7.23. The molecule has 2 amide bonds. The molecule has 11 heteroatoms. The Morgan fingerprint density at radius 1 is 1.00 bits per heavy atom. The Morgan fingerprint density at radius 3 is 2.44 bits per heavy atom. The summed E-state index contributed by atoms with van der Waals surface area (Å²) >= 11 is 1.71. The van der Waals surface area contributed by atoms with E-state index in [9.17, 15) is 4.79 Å². The molecule has 0 unspecified atom stereocenters. The van der Waals surface area contributed by atoms with Gasteiger partial charge in [0.15, 0.2) is 10.8 Å². The first-order valence-corrected chi connectivity index (χ1v) is 15.6. The Kier molecular flexibility index (Phi) is 9.41. The third kappa shape index (κ3) is 7.21. The lowest BCUT2D eigenvalue weighted by atomic mass is 9.93. The third-order valence-electron chi connectivity index (χ3n) is 7.94. The quantitative estimate of drug-likeness (QED) is 0.191. The van der Waals surface area contributed by atoms with Gasteiger partial charge in [0.1, 0.15) is 5.76 Å². The number of nitrogens with one attached hydrogen (secondary N) is 2. The number of carbonyl (C=O) groups excluding carboxylic acids is 1. The Morgan fingerprint density at radius 2 is 1.74 bits per heavy atom. The first-order chi connectivity index (χ1) is 20.2. The van der Waals surface area contributed by atoms with E-state index in [0.717, 1.165) is 35.7 Å². The number of imidazole rings is 1. The molecule has 0 spiro atoms. The van der Waals surface area contributed by atoms with Crippen LogP contribution in [0.15, 0.2) is 59.3 Å². The van der Waals surface area contributed by atoms with Crippen molar-refractivity contribution >= 4 is 56.5 Å². The number of anilines is 2. The fourth-order valence-electron chi connectivity index (χ4n) is 5.36. The minimum atomic E-state index is -0.375. The first kappa shape index (κ1) is 31.0. The van der Waals surface area contributed by atoms with Gasteiger partial charge < -0.3 is 19.6 Å². The number of likely N-dealkylation sites (N-methyl/N-ethyl adjacent to an activating group) is 1. The number of nitrogens with zero attached hydrogens (tertiary/aromatic N) is 5. The van der Waals surface area contributed by atoms with Gasteiger partial charge in [0.2, 0.25) is 0 Å². The SMILES string of the molecule is CCN1CCN(CCCc2ccc3sc4nc(-c5ccc(NC(=O)Nc6cc(C(C)(C)C)on6)cc5)cn4c3c2)CC1.Cl. The Bertz CT molecular complexity index is 1680. The predicted octanol–water partition coefficient (Wildman–Crippen LogP) is 7.14. The molecule has 3 aromatic heterocycles. The molecule has 0 bridgehead atoms. The smallest absolute Gasteiger partial charge is 0.324 e. The summed E-state index contributed by atoms with van der Waals surface area (Å²) < 4.78 is 8.79. The molecule has 1 fully saturated rings. The van der Waals surface area contributed by atoms with E-state index in [4.69, 9.17) is 9.51 Å². The average molecular weight is 622 g/mol. The highest BCUT2D eigenvalue weighted by Crippen LogP contribution is 2.31. The normalized spacial score (nSPS) is 14.7. The molecule has 2 N–H and O–H groups in total. The fourth-order valence-corrected chi connectivity index (χ4v) is 6.35. The molecular weight excluding hydrogens is 582 g/mol.